The standard InChI is InChI=1S/C12H16ClNO3/c1-2-3-4-5-6-17-11-8-9(12(15)16)7-10(13)14-11/h7-8H,2-6H2,1H3,(H,15,16). The number of ether oxygens (including phenoxy) is 1. The van der Waals surface area contributed by atoms with Gasteiger partial charge in [0.2, 0.25) is 5.88 Å². The van der Waals surface area contributed by atoms with Crippen LogP contribution in [0.3, 0.4) is 0 Å². The van der Waals surface area contributed by atoms with E-state index in [-0.39, 0.29) is 16.6 Å². The van der Waals surface area contributed by atoms with Crippen LogP contribution in [0.5, 0.6) is 5.88 Å². The molecule has 0 radical (unpaired) electrons. The Balaban J connectivity index is 2.50. The molecule has 0 bridgehead atoms. The molecule has 0 aliphatic carbocycles. The summed E-state index contributed by atoms with van der Waals surface area (Å²) in [5, 5.41) is 8.97. The molecule has 0 amide bonds. The summed E-state index contributed by atoms with van der Waals surface area (Å²) in [6, 6.07) is 2.68. The van der Waals surface area contributed by atoms with Crippen LogP contribution in [-0.2, 0) is 0 Å². The zero-order valence-electron chi connectivity index (χ0n) is 9.78. The Bertz CT molecular complexity index is 382. The zero-order chi connectivity index (χ0) is 12.7. The van der Waals surface area contributed by atoms with Crippen molar-refractivity contribution in [2.24, 2.45) is 0 Å². The number of pyridine rings is 1. The third-order valence-electron chi connectivity index (χ3n) is 2.27. The molecule has 1 aromatic heterocycles. The molecule has 0 aliphatic rings. The van der Waals surface area contributed by atoms with Crippen LogP contribution in [0.25, 0.3) is 0 Å². The molecule has 1 heterocycles. The lowest BCUT2D eigenvalue weighted by molar-refractivity contribution is 0.0696. The minimum absolute atomic E-state index is 0.0913. The molecular formula is C12H16ClNO3. The number of aromatic carboxylic acids is 1. The number of aromatic nitrogens is 1. The summed E-state index contributed by atoms with van der Waals surface area (Å²) >= 11 is 5.70. The maximum absolute atomic E-state index is 10.8. The van der Waals surface area contributed by atoms with Gasteiger partial charge in [0, 0.05) is 6.07 Å². The van der Waals surface area contributed by atoms with Gasteiger partial charge in [-0.2, -0.15) is 0 Å². The summed E-state index contributed by atoms with van der Waals surface area (Å²) in [7, 11) is 0. The molecule has 1 rings (SSSR count). The second-order valence-electron chi connectivity index (χ2n) is 3.73. The molecule has 1 aromatic rings. The smallest absolute Gasteiger partial charge is 0.335 e. The Morgan fingerprint density at radius 3 is 2.82 bits per heavy atom. The first-order valence-corrected chi connectivity index (χ1v) is 6.05. The van der Waals surface area contributed by atoms with Crippen molar-refractivity contribution in [3.8, 4) is 5.88 Å². The van der Waals surface area contributed by atoms with E-state index in [1.807, 2.05) is 0 Å². The van der Waals surface area contributed by atoms with Crippen LogP contribution in [0.15, 0.2) is 12.1 Å². The van der Waals surface area contributed by atoms with Gasteiger partial charge in [-0.05, 0) is 12.5 Å². The maximum Gasteiger partial charge on any atom is 0.335 e. The topological polar surface area (TPSA) is 59.4 Å². The maximum atomic E-state index is 10.8. The van der Waals surface area contributed by atoms with E-state index >= 15 is 0 Å². The molecule has 0 aromatic carbocycles. The second-order valence-corrected chi connectivity index (χ2v) is 4.12. The molecule has 5 heteroatoms. The molecule has 4 nitrogen and oxygen atoms in total. The summed E-state index contributed by atoms with van der Waals surface area (Å²) in [5.41, 5.74) is 0.0913. The lowest BCUT2D eigenvalue weighted by atomic mass is 10.2. The molecule has 0 fully saturated rings. The zero-order valence-corrected chi connectivity index (χ0v) is 10.5. The van der Waals surface area contributed by atoms with Crippen molar-refractivity contribution < 1.29 is 14.6 Å². The third kappa shape index (κ3) is 5.04. The number of rotatable bonds is 7. The highest BCUT2D eigenvalue weighted by atomic mass is 35.5. The predicted molar refractivity (Wildman–Crippen MR) is 65.8 cm³/mol. The average Bonchev–Trinajstić information content (AvgIpc) is 2.28. The lowest BCUT2D eigenvalue weighted by Gasteiger charge is -2.06. The molecule has 94 valence electrons. The van der Waals surface area contributed by atoms with E-state index in [1.54, 1.807) is 0 Å². The number of nitrogens with zero attached hydrogens (tertiary/aromatic N) is 1. The van der Waals surface area contributed by atoms with E-state index in [2.05, 4.69) is 11.9 Å². The van der Waals surface area contributed by atoms with Crippen LogP contribution >= 0.6 is 11.6 Å². The lowest BCUT2D eigenvalue weighted by Crippen LogP contribution is -2.02. The fraction of sp³-hybridized carbons (Fsp3) is 0.500. The first-order chi connectivity index (χ1) is 8.13. The van der Waals surface area contributed by atoms with Crippen molar-refractivity contribution in [3.63, 3.8) is 0 Å². The summed E-state index contributed by atoms with van der Waals surface area (Å²) < 4.78 is 5.37. The quantitative estimate of drug-likeness (QED) is 0.601. The first kappa shape index (κ1) is 13.8. The molecule has 1 N–H and O–H groups in total. The SMILES string of the molecule is CCCCCCOc1cc(C(=O)O)cc(Cl)n1. The number of carboxylic acid groups (broad SMARTS) is 1. The van der Waals surface area contributed by atoms with Crippen LogP contribution in [0.1, 0.15) is 43.0 Å². The monoisotopic (exact) mass is 257 g/mol. The van der Waals surface area contributed by atoms with Crippen LogP contribution in [0.4, 0.5) is 0 Å². The summed E-state index contributed by atoms with van der Waals surface area (Å²) in [6.45, 7) is 2.67. The number of unbranched alkanes of at least 4 members (excludes halogenated alkanes) is 3. The predicted octanol–water partition coefficient (Wildman–Crippen LogP) is 3.39. The van der Waals surface area contributed by atoms with E-state index in [9.17, 15) is 4.79 Å². The van der Waals surface area contributed by atoms with Crippen molar-refractivity contribution in [1.82, 2.24) is 4.98 Å². The van der Waals surface area contributed by atoms with Crippen molar-refractivity contribution in [2.75, 3.05) is 6.61 Å². The van der Waals surface area contributed by atoms with Gasteiger partial charge in [0.15, 0.2) is 0 Å². The first-order valence-electron chi connectivity index (χ1n) is 5.67. The number of halogens is 1. The van der Waals surface area contributed by atoms with Gasteiger partial charge in [-0.25, -0.2) is 9.78 Å². The molecule has 0 saturated carbocycles. The third-order valence-corrected chi connectivity index (χ3v) is 2.46. The van der Waals surface area contributed by atoms with Gasteiger partial charge in [0.1, 0.15) is 5.15 Å². The summed E-state index contributed by atoms with van der Waals surface area (Å²) in [4.78, 5) is 14.7. The minimum atomic E-state index is -1.04. The Morgan fingerprint density at radius 1 is 1.41 bits per heavy atom. The molecule has 0 spiro atoms. The fourth-order valence-electron chi connectivity index (χ4n) is 1.38. The van der Waals surface area contributed by atoms with E-state index in [1.165, 1.54) is 25.0 Å². The van der Waals surface area contributed by atoms with Gasteiger partial charge in [-0.15, -0.1) is 0 Å². The highest BCUT2D eigenvalue weighted by Crippen LogP contribution is 2.16. The van der Waals surface area contributed by atoms with Crippen molar-refractivity contribution >= 4 is 17.6 Å². The largest absolute Gasteiger partial charge is 0.478 e. The second kappa shape index (κ2) is 7.12. The van der Waals surface area contributed by atoms with Crippen molar-refractivity contribution in [3.05, 3.63) is 22.8 Å². The normalized spacial score (nSPS) is 10.2. The number of carbonyl (C=O) groups is 1. The van der Waals surface area contributed by atoms with Crippen LogP contribution in [0, 0.1) is 0 Å². The molecule has 17 heavy (non-hydrogen) atoms. The fourth-order valence-corrected chi connectivity index (χ4v) is 1.58. The average molecular weight is 258 g/mol. The molecule has 0 aliphatic heterocycles. The van der Waals surface area contributed by atoms with Gasteiger partial charge < -0.3 is 9.84 Å². The molecule has 0 saturated heterocycles. The van der Waals surface area contributed by atoms with Crippen molar-refractivity contribution in [2.45, 2.75) is 32.6 Å². The summed E-state index contributed by atoms with van der Waals surface area (Å²) in [6.07, 6.45) is 4.37. The number of hydrogen-bond acceptors (Lipinski definition) is 3. The van der Waals surface area contributed by atoms with Crippen LogP contribution in [0.2, 0.25) is 5.15 Å². The minimum Gasteiger partial charge on any atom is -0.478 e. The van der Waals surface area contributed by atoms with Crippen molar-refractivity contribution in [1.29, 1.82) is 0 Å². The molecule has 0 atom stereocenters. The van der Waals surface area contributed by atoms with E-state index < -0.39 is 5.97 Å². The van der Waals surface area contributed by atoms with Gasteiger partial charge in [-0.3, -0.25) is 0 Å². The Labute approximate surface area is 106 Å². The number of hydrogen-bond donors (Lipinski definition) is 1. The Hall–Kier alpha value is -1.29. The summed E-state index contributed by atoms with van der Waals surface area (Å²) in [5.74, 6) is -0.767. The van der Waals surface area contributed by atoms with Gasteiger partial charge in [0.25, 0.3) is 0 Å². The van der Waals surface area contributed by atoms with Crippen LogP contribution < -0.4 is 4.74 Å². The number of carboxylic acids is 1. The van der Waals surface area contributed by atoms with E-state index in [0.717, 1.165) is 12.8 Å². The van der Waals surface area contributed by atoms with Crippen LogP contribution in [-0.4, -0.2) is 22.7 Å². The molecule has 0 unspecified atom stereocenters. The highest BCUT2D eigenvalue weighted by Gasteiger charge is 2.08. The van der Waals surface area contributed by atoms with Gasteiger partial charge >= 0.3 is 5.97 Å². The highest BCUT2D eigenvalue weighted by molar-refractivity contribution is 6.29. The van der Waals surface area contributed by atoms with E-state index in [4.69, 9.17) is 21.4 Å². The Morgan fingerprint density at radius 2 is 2.18 bits per heavy atom. The molecular weight excluding hydrogens is 242 g/mol. The van der Waals surface area contributed by atoms with Gasteiger partial charge in [-0.1, -0.05) is 37.8 Å². The Kier molecular flexibility index (Phi) is 5.77. The van der Waals surface area contributed by atoms with E-state index in [0.29, 0.717) is 6.61 Å². The van der Waals surface area contributed by atoms with Gasteiger partial charge in [0.05, 0.1) is 12.2 Å².